The van der Waals surface area contributed by atoms with Crippen LogP contribution < -0.4 is 0 Å². The van der Waals surface area contributed by atoms with Crippen molar-refractivity contribution in [2.45, 2.75) is 18.9 Å². The molecule has 0 unspecified atom stereocenters. The lowest BCUT2D eigenvalue weighted by Crippen LogP contribution is -2.64. The number of H-pyrrole nitrogens is 1. The fourth-order valence-corrected chi connectivity index (χ4v) is 4.77. The van der Waals surface area contributed by atoms with Crippen molar-refractivity contribution in [3.8, 4) is 17.3 Å². The third kappa shape index (κ3) is 2.79. The summed E-state index contributed by atoms with van der Waals surface area (Å²) in [5, 5.41) is 14.7. The Kier molecular flexibility index (Phi) is 4.18. The predicted octanol–water partition coefficient (Wildman–Crippen LogP) is 1.75. The Bertz CT molecular complexity index is 1160. The van der Waals surface area contributed by atoms with Crippen molar-refractivity contribution in [3.05, 3.63) is 29.9 Å². The van der Waals surface area contributed by atoms with Gasteiger partial charge in [-0.1, -0.05) is 11.6 Å². The zero-order valence-corrected chi connectivity index (χ0v) is 16.0. The number of hydrogen-bond acceptors (Lipinski definition) is 6. The average Bonchev–Trinajstić information content (AvgIpc) is 3.24. The van der Waals surface area contributed by atoms with Crippen LogP contribution in [0.5, 0.6) is 0 Å². The number of hydrogen-bond donors (Lipinski definition) is 1. The van der Waals surface area contributed by atoms with E-state index in [2.05, 4.69) is 26.1 Å². The van der Waals surface area contributed by atoms with Crippen molar-refractivity contribution >= 4 is 32.7 Å². The number of rotatable bonds is 5. The number of nitrogens with zero attached hydrogens (tertiary/aromatic N) is 6. The molecule has 4 heterocycles. The van der Waals surface area contributed by atoms with E-state index in [-0.39, 0.29) is 30.4 Å². The molecule has 11 heteroatoms. The Morgan fingerprint density at radius 2 is 2.19 bits per heavy atom. The molecule has 0 atom stereocenters. The smallest absolute Gasteiger partial charge is 0.213 e. The lowest BCUT2D eigenvalue weighted by Gasteiger charge is -2.47. The summed E-state index contributed by atoms with van der Waals surface area (Å²) in [7, 11) is -3.31. The maximum absolute atomic E-state index is 12.1. The second kappa shape index (κ2) is 6.30. The van der Waals surface area contributed by atoms with Crippen molar-refractivity contribution in [2.24, 2.45) is 0 Å². The lowest BCUT2D eigenvalue weighted by atomic mass is 9.89. The van der Waals surface area contributed by atoms with Crippen LogP contribution in [0.25, 0.3) is 22.3 Å². The molecule has 0 amide bonds. The van der Waals surface area contributed by atoms with Gasteiger partial charge < -0.3 is 4.98 Å². The summed E-state index contributed by atoms with van der Waals surface area (Å²) in [5.74, 6) is 0.0210. The molecule has 0 aromatic carbocycles. The second-order valence-electron chi connectivity index (χ2n) is 6.47. The average molecular weight is 406 g/mol. The SMILES string of the molecule is CCS(=O)(=O)N1CC(CC#N)(n2cc(-c3ncnc4[nH]ccc34)c(Cl)n2)C1. The highest BCUT2D eigenvalue weighted by atomic mass is 35.5. The van der Waals surface area contributed by atoms with Crippen molar-refractivity contribution < 1.29 is 8.42 Å². The first-order valence-corrected chi connectivity index (χ1v) is 10.3. The molecule has 140 valence electrons. The molecule has 1 saturated heterocycles. The van der Waals surface area contributed by atoms with Crippen LogP contribution in [0.2, 0.25) is 5.15 Å². The highest BCUT2D eigenvalue weighted by Crippen LogP contribution is 2.38. The number of fused-ring (bicyclic) bond motifs is 1. The van der Waals surface area contributed by atoms with Crippen LogP contribution in [0.15, 0.2) is 24.8 Å². The van der Waals surface area contributed by atoms with Gasteiger partial charge >= 0.3 is 0 Å². The minimum absolute atomic E-state index is 0.0210. The van der Waals surface area contributed by atoms with E-state index in [1.54, 1.807) is 24.0 Å². The van der Waals surface area contributed by atoms with Gasteiger partial charge in [-0.05, 0) is 13.0 Å². The Morgan fingerprint density at radius 3 is 2.89 bits per heavy atom. The topological polar surface area (TPSA) is 121 Å². The van der Waals surface area contributed by atoms with Crippen molar-refractivity contribution in [3.63, 3.8) is 0 Å². The molecule has 1 aliphatic heterocycles. The van der Waals surface area contributed by atoms with E-state index in [4.69, 9.17) is 11.6 Å². The van der Waals surface area contributed by atoms with E-state index < -0.39 is 15.6 Å². The van der Waals surface area contributed by atoms with E-state index in [1.165, 1.54) is 10.6 Å². The molecular weight excluding hydrogens is 390 g/mol. The maximum atomic E-state index is 12.1. The van der Waals surface area contributed by atoms with Gasteiger partial charge in [0.15, 0.2) is 5.15 Å². The first kappa shape index (κ1) is 17.9. The van der Waals surface area contributed by atoms with Crippen molar-refractivity contribution in [1.82, 2.24) is 29.0 Å². The quantitative estimate of drug-likeness (QED) is 0.690. The fraction of sp³-hybridized carbons (Fsp3) is 0.375. The molecule has 0 saturated carbocycles. The largest absolute Gasteiger partial charge is 0.346 e. The van der Waals surface area contributed by atoms with Crippen LogP contribution in [0.1, 0.15) is 13.3 Å². The highest BCUT2D eigenvalue weighted by molar-refractivity contribution is 7.89. The minimum Gasteiger partial charge on any atom is -0.346 e. The number of nitrogens with one attached hydrogen (secondary N) is 1. The van der Waals surface area contributed by atoms with Crippen LogP contribution >= 0.6 is 11.6 Å². The molecular formula is C16H16ClN7O2S. The Hall–Kier alpha value is -2.48. The summed E-state index contributed by atoms with van der Waals surface area (Å²) in [6, 6.07) is 3.99. The summed E-state index contributed by atoms with van der Waals surface area (Å²) in [6.45, 7) is 1.98. The first-order chi connectivity index (χ1) is 12.9. The second-order valence-corrected chi connectivity index (χ2v) is 9.08. The van der Waals surface area contributed by atoms with Gasteiger partial charge in [-0.15, -0.1) is 0 Å². The third-order valence-electron chi connectivity index (χ3n) is 4.87. The molecule has 3 aromatic rings. The van der Waals surface area contributed by atoms with Crippen LogP contribution in [-0.4, -0.2) is 56.3 Å². The predicted molar refractivity (Wildman–Crippen MR) is 99.4 cm³/mol. The summed E-state index contributed by atoms with van der Waals surface area (Å²) in [6.07, 6.45) is 5.05. The normalized spacial score (nSPS) is 16.9. The molecule has 1 aliphatic rings. The van der Waals surface area contributed by atoms with Gasteiger partial charge in [-0.2, -0.15) is 14.7 Å². The Labute approximate surface area is 160 Å². The highest BCUT2D eigenvalue weighted by Gasteiger charge is 2.50. The van der Waals surface area contributed by atoms with Gasteiger partial charge in [0.05, 0.1) is 29.5 Å². The fourth-order valence-electron chi connectivity index (χ4n) is 3.32. The van der Waals surface area contributed by atoms with E-state index in [0.29, 0.717) is 16.9 Å². The molecule has 27 heavy (non-hydrogen) atoms. The van der Waals surface area contributed by atoms with E-state index in [9.17, 15) is 13.7 Å². The van der Waals surface area contributed by atoms with E-state index in [1.807, 2.05) is 6.07 Å². The maximum Gasteiger partial charge on any atom is 0.213 e. The number of aromatic nitrogens is 5. The number of nitriles is 1. The molecule has 4 rings (SSSR count). The molecule has 0 aliphatic carbocycles. The third-order valence-corrected chi connectivity index (χ3v) is 6.93. The molecule has 1 N–H and O–H groups in total. The van der Waals surface area contributed by atoms with Crippen molar-refractivity contribution in [2.75, 3.05) is 18.8 Å². The van der Waals surface area contributed by atoms with Gasteiger partial charge in [-0.25, -0.2) is 18.4 Å². The Morgan fingerprint density at radius 1 is 1.41 bits per heavy atom. The minimum atomic E-state index is -3.31. The summed E-state index contributed by atoms with van der Waals surface area (Å²) < 4.78 is 27.1. The molecule has 1 fully saturated rings. The standard InChI is InChI=1S/C16H16ClN7O2S/c1-2-27(25,26)23-8-16(9-23,4-5-18)24-7-12(14(17)22-24)13-11-3-6-19-15(11)21-10-20-13/h3,6-7,10H,2,4,8-9H2,1H3,(H,19,20,21). The number of aromatic amines is 1. The van der Waals surface area contributed by atoms with Crippen LogP contribution in [0.3, 0.4) is 0 Å². The van der Waals surface area contributed by atoms with Gasteiger partial charge in [0.1, 0.15) is 17.5 Å². The van der Waals surface area contributed by atoms with Gasteiger partial charge in [-0.3, -0.25) is 4.68 Å². The number of halogens is 1. The summed E-state index contributed by atoms with van der Waals surface area (Å²) >= 11 is 6.37. The zero-order valence-electron chi connectivity index (χ0n) is 14.4. The van der Waals surface area contributed by atoms with Gasteiger partial charge in [0, 0.05) is 30.9 Å². The van der Waals surface area contributed by atoms with Gasteiger partial charge in [0.2, 0.25) is 10.0 Å². The van der Waals surface area contributed by atoms with Gasteiger partial charge in [0.25, 0.3) is 0 Å². The zero-order chi connectivity index (χ0) is 19.2. The lowest BCUT2D eigenvalue weighted by molar-refractivity contribution is 0.0719. The van der Waals surface area contributed by atoms with Crippen LogP contribution in [0, 0.1) is 11.3 Å². The molecule has 0 spiro atoms. The summed E-state index contributed by atoms with van der Waals surface area (Å²) in [4.78, 5) is 11.5. The first-order valence-electron chi connectivity index (χ1n) is 8.29. The summed E-state index contributed by atoms with van der Waals surface area (Å²) in [5.41, 5.74) is 1.18. The van der Waals surface area contributed by atoms with Crippen molar-refractivity contribution in [1.29, 1.82) is 5.26 Å². The number of sulfonamides is 1. The molecule has 0 bridgehead atoms. The molecule has 9 nitrogen and oxygen atoms in total. The molecule has 0 radical (unpaired) electrons. The van der Waals surface area contributed by atoms with Crippen LogP contribution in [0.4, 0.5) is 0 Å². The van der Waals surface area contributed by atoms with Crippen LogP contribution in [-0.2, 0) is 15.6 Å². The molecule has 3 aromatic heterocycles. The monoisotopic (exact) mass is 405 g/mol. The van der Waals surface area contributed by atoms with E-state index in [0.717, 1.165) is 5.39 Å². The Balaban J connectivity index is 1.74. The van der Waals surface area contributed by atoms with E-state index >= 15 is 0 Å².